The summed E-state index contributed by atoms with van der Waals surface area (Å²) in [5, 5.41) is 3.50. The summed E-state index contributed by atoms with van der Waals surface area (Å²) >= 11 is 1.88. The fourth-order valence-electron chi connectivity index (χ4n) is 1.84. The van der Waals surface area contributed by atoms with Crippen molar-refractivity contribution in [1.29, 1.82) is 0 Å². The van der Waals surface area contributed by atoms with Crippen molar-refractivity contribution in [3.05, 3.63) is 21.4 Å². The third kappa shape index (κ3) is 6.47. The second-order valence-corrected chi connectivity index (χ2v) is 8.36. The Morgan fingerprint density at radius 1 is 1.33 bits per heavy atom. The number of rotatable bonds is 9. The van der Waals surface area contributed by atoms with E-state index in [1.807, 2.05) is 11.3 Å². The largest absolute Gasteiger partial charge is 0.375 e. The van der Waals surface area contributed by atoms with Crippen molar-refractivity contribution >= 4 is 11.3 Å². The van der Waals surface area contributed by atoms with E-state index in [9.17, 15) is 0 Å². The normalized spacial score (nSPS) is 12.6. The zero-order valence-electron chi connectivity index (χ0n) is 14.7. The number of nitrogens with zero attached hydrogens (tertiary/aromatic N) is 1. The van der Waals surface area contributed by atoms with E-state index < -0.39 is 0 Å². The summed E-state index contributed by atoms with van der Waals surface area (Å²) in [7, 11) is 4.19. The minimum Gasteiger partial charge on any atom is -0.375 e. The standard InChI is InChI=1S/C17H32N2OS/c1-13(2)9-18-10-16-8-15(14(3)21-16)11-20-12-17(4,5)19(6)7/h8,13,18H,9-12H2,1-7H3. The van der Waals surface area contributed by atoms with Gasteiger partial charge in [-0.25, -0.2) is 0 Å². The molecule has 0 saturated heterocycles. The molecule has 0 radical (unpaired) electrons. The summed E-state index contributed by atoms with van der Waals surface area (Å²) in [4.78, 5) is 4.98. The molecular formula is C17H32N2OS. The summed E-state index contributed by atoms with van der Waals surface area (Å²) in [6.07, 6.45) is 0. The average Bonchev–Trinajstić information content (AvgIpc) is 2.69. The molecule has 21 heavy (non-hydrogen) atoms. The minimum atomic E-state index is 0.0750. The highest BCUT2D eigenvalue weighted by molar-refractivity contribution is 7.12. The SMILES string of the molecule is Cc1sc(CNCC(C)C)cc1COCC(C)(C)N(C)C. The first kappa shape index (κ1) is 18.6. The van der Waals surface area contributed by atoms with E-state index in [0.717, 1.165) is 19.7 Å². The predicted molar refractivity (Wildman–Crippen MR) is 93.0 cm³/mol. The van der Waals surface area contributed by atoms with Gasteiger partial charge in [0.05, 0.1) is 13.2 Å². The Kier molecular flexibility index (Phi) is 7.34. The molecule has 122 valence electrons. The van der Waals surface area contributed by atoms with E-state index in [2.05, 4.69) is 65.0 Å². The van der Waals surface area contributed by atoms with Crippen LogP contribution in [0.3, 0.4) is 0 Å². The highest BCUT2D eigenvalue weighted by Crippen LogP contribution is 2.23. The third-order valence-electron chi connectivity index (χ3n) is 3.85. The Morgan fingerprint density at radius 3 is 2.57 bits per heavy atom. The smallest absolute Gasteiger partial charge is 0.0728 e. The molecule has 0 fully saturated rings. The van der Waals surface area contributed by atoms with Crippen molar-refractivity contribution < 1.29 is 4.74 Å². The lowest BCUT2D eigenvalue weighted by Gasteiger charge is -2.32. The van der Waals surface area contributed by atoms with Crippen molar-refractivity contribution in [1.82, 2.24) is 10.2 Å². The first-order chi connectivity index (χ1) is 9.72. The summed E-state index contributed by atoms with van der Waals surface area (Å²) in [5.74, 6) is 0.696. The van der Waals surface area contributed by atoms with Gasteiger partial charge in [0.1, 0.15) is 0 Å². The molecule has 0 aliphatic heterocycles. The van der Waals surface area contributed by atoms with Crippen LogP contribution in [0.5, 0.6) is 0 Å². The number of likely N-dealkylation sites (N-methyl/N-ethyl adjacent to an activating group) is 1. The molecule has 0 aliphatic carbocycles. The monoisotopic (exact) mass is 312 g/mol. The van der Waals surface area contributed by atoms with Crippen molar-refractivity contribution in [3.8, 4) is 0 Å². The van der Waals surface area contributed by atoms with Gasteiger partial charge in [0.25, 0.3) is 0 Å². The molecule has 1 aromatic heterocycles. The number of ether oxygens (including phenoxy) is 1. The lowest BCUT2D eigenvalue weighted by molar-refractivity contribution is 0.0274. The molecule has 0 unspecified atom stereocenters. The third-order valence-corrected chi connectivity index (χ3v) is 4.94. The number of aryl methyl sites for hydroxylation is 1. The van der Waals surface area contributed by atoms with Crippen molar-refractivity contribution in [2.24, 2.45) is 5.92 Å². The lowest BCUT2D eigenvalue weighted by atomic mass is 10.1. The molecule has 3 nitrogen and oxygen atoms in total. The Bertz CT molecular complexity index is 424. The van der Waals surface area contributed by atoms with Crippen LogP contribution in [0.25, 0.3) is 0 Å². The van der Waals surface area contributed by atoms with Gasteiger partial charge in [0.15, 0.2) is 0 Å². The Balaban J connectivity index is 2.44. The lowest BCUT2D eigenvalue weighted by Crippen LogP contribution is -2.42. The Morgan fingerprint density at radius 2 is 2.00 bits per heavy atom. The highest BCUT2D eigenvalue weighted by atomic mass is 32.1. The molecule has 1 aromatic rings. The summed E-state index contributed by atoms with van der Waals surface area (Å²) < 4.78 is 5.93. The van der Waals surface area contributed by atoms with Crippen LogP contribution in [-0.4, -0.2) is 37.7 Å². The average molecular weight is 313 g/mol. The van der Waals surface area contributed by atoms with Crippen molar-refractivity contribution in [3.63, 3.8) is 0 Å². The van der Waals surface area contributed by atoms with E-state index >= 15 is 0 Å². The van der Waals surface area contributed by atoms with Crippen LogP contribution in [0.4, 0.5) is 0 Å². The maximum atomic E-state index is 5.93. The van der Waals surface area contributed by atoms with Crippen LogP contribution in [0.2, 0.25) is 0 Å². The van der Waals surface area contributed by atoms with Crippen molar-refractivity contribution in [2.45, 2.75) is 53.3 Å². The van der Waals surface area contributed by atoms with E-state index in [1.165, 1.54) is 15.3 Å². The fourth-order valence-corrected chi connectivity index (χ4v) is 2.86. The van der Waals surface area contributed by atoms with Crippen molar-refractivity contribution in [2.75, 3.05) is 27.2 Å². The molecular weight excluding hydrogens is 280 g/mol. The molecule has 0 aromatic carbocycles. The van der Waals surface area contributed by atoms with Gasteiger partial charge in [-0.2, -0.15) is 0 Å². The molecule has 1 rings (SSSR count). The first-order valence-electron chi connectivity index (χ1n) is 7.76. The second-order valence-electron chi connectivity index (χ2n) is 7.02. The second kappa shape index (κ2) is 8.28. The minimum absolute atomic E-state index is 0.0750. The molecule has 0 saturated carbocycles. The number of hydrogen-bond donors (Lipinski definition) is 1. The van der Waals surface area contributed by atoms with Crippen LogP contribution in [-0.2, 0) is 17.9 Å². The van der Waals surface area contributed by atoms with Crippen LogP contribution >= 0.6 is 11.3 Å². The highest BCUT2D eigenvalue weighted by Gasteiger charge is 2.20. The van der Waals surface area contributed by atoms with Gasteiger partial charge in [-0.15, -0.1) is 11.3 Å². The van der Waals surface area contributed by atoms with E-state index in [1.54, 1.807) is 0 Å². The predicted octanol–water partition coefficient (Wildman–Crippen LogP) is 3.66. The fraction of sp³-hybridized carbons (Fsp3) is 0.765. The first-order valence-corrected chi connectivity index (χ1v) is 8.58. The molecule has 0 bridgehead atoms. The van der Waals surface area contributed by atoms with Gasteiger partial charge in [0, 0.05) is 21.8 Å². The molecule has 0 amide bonds. The maximum absolute atomic E-state index is 5.93. The molecule has 0 spiro atoms. The molecule has 1 heterocycles. The Labute approximate surface area is 134 Å². The van der Waals surface area contributed by atoms with Gasteiger partial charge >= 0.3 is 0 Å². The number of nitrogens with one attached hydrogen (secondary N) is 1. The molecule has 0 aliphatic rings. The van der Waals surface area contributed by atoms with Gasteiger partial charge in [0.2, 0.25) is 0 Å². The van der Waals surface area contributed by atoms with E-state index in [4.69, 9.17) is 4.74 Å². The van der Waals surface area contributed by atoms with Crippen LogP contribution in [0.15, 0.2) is 6.07 Å². The van der Waals surface area contributed by atoms with Gasteiger partial charge in [-0.3, -0.25) is 0 Å². The van der Waals surface area contributed by atoms with Crippen LogP contribution < -0.4 is 5.32 Å². The van der Waals surface area contributed by atoms with E-state index in [-0.39, 0.29) is 5.54 Å². The summed E-state index contributed by atoms with van der Waals surface area (Å²) in [5.41, 5.74) is 1.40. The van der Waals surface area contributed by atoms with Crippen LogP contribution in [0.1, 0.15) is 43.0 Å². The zero-order valence-corrected chi connectivity index (χ0v) is 15.6. The van der Waals surface area contributed by atoms with E-state index in [0.29, 0.717) is 12.5 Å². The maximum Gasteiger partial charge on any atom is 0.0728 e. The summed E-state index contributed by atoms with van der Waals surface area (Å²) in [6, 6.07) is 2.29. The summed E-state index contributed by atoms with van der Waals surface area (Å²) in [6.45, 7) is 14.6. The van der Waals surface area contributed by atoms with Gasteiger partial charge in [-0.1, -0.05) is 13.8 Å². The molecule has 1 N–H and O–H groups in total. The number of hydrogen-bond acceptors (Lipinski definition) is 4. The zero-order chi connectivity index (χ0) is 16.0. The number of thiophene rings is 1. The van der Waals surface area contributed by atoms with Gasteiger partial charge < -0.3 is 15.0 Å². The molecule has 0 atom stereocenters. The Hall–Kier alpha value is -0.420. The molecule has 4 heteroatoms. The quantitative estimate of drug-likeness (QED) is 0.753. The topological polar surface area (TPSA) is 24.5 Å². The van der Waals surface area contributed by atoms with Crippen LogP contribution in [0, 0.1) is 12.8 Å². The van der Waals surface area contributed by atoms with Gasteiger partial charge in [-0.05, 0) is 59.0 Å².